The Bertz CT molecular complexity index is 1010. The quantitative estimate of drug-likeness (QED) is 0.711. The highest BCUT2D eigenvalue weighted by atomic mass is 35.5. The van der Waals surface area contributed by atoms with E-state index in [9.17, 15) is 9.59 Å². The van der Waals surface area contributed by atoms with Crippen molar-refractivity contribution in [3.63, 3.8) is 0 Å². The van der Waals surface area contributed by atoms with Crippen molar-refractivity contribution in [2.45, 2.75) is 19.5 Å². The molecule has 3 aliphatic heterocycles. The van der Waals surface area contributed by atoms with Crippen LogP contribution in [-0.4, -0.2) is 78.4 Å². The molecule has 3 saturated heterocycles. The number of fused-ring (bicyclic) bond motifs is 1. The summed E-state index contributed by atoms with van der Waals surface area (Å²) in [6.07, 6.45) is 0. The number of rotatable bonds is 5. The molecule has 8 heteroatoms. The molecule has 180 valence electrons. The zero-order valence-corrected chi connectivity index (χ0v) is 20.3. The third-order valence-corrected chi connectivity index (χ3v) is 7.63. The molecule has 2 aromatic rings. The number of carbonyl (C=O) groups is 2. The van der Waals surface area contributed by atoms with Gasteiger partial charge in [-0.15, -0.1) is 0 Å². The van der Waals surface area contributed by atoms with Gasteiger partial charge in [-0.05, 0) is 36.4 Å². The van der Waals surface area contributed by atoms with Gasteiger partial charge in [0, 0.05) is 50.8 Å². The Morgan fingerprint density at radius 1 is 0.971 bits per heavy atom. The van der Waals surface area contributed by atoms with E-state index in [0.29, 0.717) is 26.2 Å². The van der Waals surface area contributed by atoms with Gasteiger partial charge in [0.2, 0.25) is 11.8 Å². The second-order valence-corrected chi connectivity index (χ2v) is 9.89. The average Bonchev–Trinajstić information content (AvgIpc) is 3.21. The standard InChI is InChI=1S/C26H32ClN5O2/c1-2-29-17-22(24-23(18-29)26(34)32(28-24)21-6-4-3-5-7-21)25(33)31-14-12-30(13-15-31)16-19-8-10-20(27)11-9-19/h3-11,22-24,28H,2,12-18H2,1H3. The molecule has 7 nitrogen and oxygen atoms in total. The summed E-state index contributed by atoms with van der Waals surface area (Å²) in [5.74, 6) is -0.234. The fraction of sp³-hybridized carbons (Fsp3) is 0.462. The highest BCUT2D eigenvalue weighted by molar-refractivity contribution is 6.30. The van der Waals surface area contributed by atoms with Crippen LogP contribution in [0.3, 0.4) is 0 Å². The van der Waals surface area contributed by atoms with Gasteiger partial charge < -0.3 is 9.80 Å². The highest BCUT2D eigenvalue weighted by Gasteiger charge is 2.51. The summed E-state index contributed by atoms with van der Waals surface area (Å²) in [6, 6.07) is 17.4. The zero-order valence-electron chi connectivity index (χ0n) is 19.6. The minimum Gasteiger partial charge on any atom is -0.340 e. The molecule has 0 spiro atoms. The van der Waals surface area contributed by atoms with Crippen LogP contribution in [0.5, 0.6) is 0 Å². The van der Waals surface area contributed by atoms with Gasteiger partial charge in [0.25, 0.3) is 0 Å². The number of anilines is 1. The lowest BCUT2D eigenvalue weighted by atomic mass is 9.83. The number of nitrogens with zero attached hydrogens (tertiary/aromatic N) is 4. The molecular weight excluding hydrogens is 450 g/mol. The Labute approximate surface area is 206 Å². The van der Waals surface area contributed by atoms with Crippen molar-refractivity contribution in [1.82, 2.24) is 20.1 Å². The molecule has 0 saturated carbocycles. The SMILES string of the molecule is CCN1CC(C(=O)N2CCN(Cc3ccc(Cl)cc3)CC2)C2NN(c3ccccc3)C(=O)C2C1. The lowest BCUT2D eigenvalue weighted by Crippen LogP contribution is -2.59. The monoisotopic (exact) mass is 481 g/mol. The second kappa shape index (κ2) is 10.0. The summed E-state index contributed by atoms with van der Waals surface area (Å²) in [4.78, 5) is 33.6. The third kappa shape index (κ3) is 4.70. The van der Waals surface area contributed by atoms with E-state index < -0.39 is 0 Å². The first kappa shape index (κ1) is 23.3. The number of hydrogen-bond donors (Lipinski definition) is 1. The molecule has 0 radical (unpaired) electrons. The zero-order chi connectivity index (χ0) is 23.7. The van der Waals surface area contributed by atoms with Gasteiger partial charge in [0.15, 0.2) is 0 Å². The Morgan fingerprint density at radius 3 is 2.35 bits per heavy atom. The molecular formula is C26H32ClN5O2. The highest BCUT2D eigenvalue weighted by Crippen LogP contribution is 2.32. The van der Waals surface area contributed by atoms with Crippen molar-refractivity contribution >= 4 is 29.1 Å². The minimum atomic E-state index is -0.237. The van der Waals surface area contributed by atoms with Crippen molar-refractivity contribution in [2.24, 2.45) is 11.8 Å². The number of para-hydroxylation sites is 1. The number of piperidine rings is 1. The maximum Gasteiger partial charge on any atom is 0.247 e. The van der Waals surface area contributed by atoms with E-state index in [1.54, 1.807) is 5.01 Å². The van der Waals surface area contributed by atoms with E-state index in [1.165, 1.54) is 5.56 Å². The Kier molecular flexibility index (Phi) is 6.88. The molecule has 5 rings (SSSR count). The average molecular weight is 482 g/mol. The lowest BCUT2D eigenvalue weighted by Gasteiger charge is -2.42. The number of nitrogens with one attached hydrogen (secondary N) is 1. The third-order valence-electron chi connectivity index (χ3n) is 7.37. The maximum atomic E-state index is 13.7. The molecule has 1 N–H and O–H groups in total. The van der Waals surface area contributed by atoms with Gasteiger partial charge in [-0.2, -0.15) is 0 Å². The summed E-state index contributed by atoms with van der Waals surface area (Å²) in [6.45, 7) is 8.27. The maximum absolute atomic E-state index is 13.7. The molecule has 0 bridgehead atoms. The number of carbonyl (C=O) groups excluding carboxylic acids is 2. The summed E-state index contributed by atoms with van der Waals surface area (Å²) >= 11 is 6.00. The predicted molar refractivity (Wildman–Crippen MR) is 133 cm³/mol. The summed E-state index contributed by atoms with van der Waals surface area (Å²) < 4.78 is 0. The van der Waals surface area contributed by atoms with Gasteiger partial charge in [-0.25, -0.2) is 10.4 Å². The Morgan fingerprint density at radius 2 is 1.68 bits per heavy atom. The second-order valence-electron chi connectivity index (χ2n) is 9.46. The smallest absolute Gasteiger partial charge is 0.247 e. The summed E-state index contributed by atoms with van der Waals surface area (Å²) in [7, 11) is 0. The van der Waals surface area contributed by atoms with E-state index in [-0.39, 0.29) is 29.7 Å². The first-order valence-corrected chi connectivity index (χ1v) is 12.5. The van der Waals surface area contributed by atoms with Crippen molar-refractivity contribution in [3.8, 4) is 0 Å². The van der Waals surface area contributed by atoms with Crippen LogP contribution in [0, 0.1) is 11.8 Å². The van der Waals surface area contributed by atoms with Crippen LogP contribution in [0.1, 0.15) is 12.5 Å². The summed E-state index contributed by atoms with van der Waals surface area (Å²) in [5, 5.41) is 2.40. The molecule has 0 aromatic heterocycles. The normalized spacial score (nSPS) is 26.1. The molecule has 3 atom stereocenters. The van der Waals surface area contributed by atoms with Crippen LogP contribution < -0.4 is 10.4 Å². The first-order chi connectivity index (χ1) is 16.5. The van der Waals surface area contributed by atoms with E-state index in [0.717, 1.165) is 36.9 Å². The molecule has 3 aliphatic rings. The van der Waals surface area contributed by atoms with Crippen LogP contribution >= 0.6 is 11.6 Å². The molecule has 3 fully saturated rings. The number of hydrazine groups is 1. The van der Waals surface area contributed by atoms with E-state index >= 15 is 0 Å². The van der Waals surface area contributed by atoms with Crippen molar-refractivity contribution < 1.29 is 9.59 Å². The lowest BCUT2D eigenvalue weighted by molar-refractivity contribution is -0.141. The molecule has 3 heterocycles. The molecule has 34 heavy (non-hydrogen) atoms. The fourth-order valence-electron chi connectivity index (χ4n) is 5.41. The number of likely N-dealkylation sites (tertiary alicyclic amines) is 1. The van der Waals surface area contributed by atoms with Gasteiger partial charge >= 0.3 is 0 Å². The predicted octanol–water partition coefficient (Wildman–Crippen LogP) is 2.47. The van der Waals surface area contributed by atoms with Crippen LogP contribution in [0.25, 0.3) is 0 Å². The Hall–Kier alpha value is -2.45. The summed E-state index contributed by atoms with van der Waals surface area (Å²) in [5.41, 5.74) is 5.46. The van der Waals surface area contributed by atoms with Crippen LogP contribution in [-0.2, 0) is 16.1 Å². The number of hydrogen-bond acceptors (Lipinski definition) is 5. The number of halogens is 1. The van der Waals surface area contributed by atoms with Crippen molar-refractivity contribution in [3.05, 3.63) is 65.2 Å². The number of benzene rings is 2. The van der Waals surface area contributed by atoms with Gasteiger partial charge in [0.05, 0.1) is 23.6 Å². The fourth-order valence-corrected chi connectivity index (χ4v) is 5.53. The van der Waals surface area contributed by atoms with Gasteiger partial charge in [-0.1, -0.05) is 48.9 Å². The number of amides is 2. The van der Waals surface area contributed by atoms with Gasteiger partial charge in [-0.3, -0.25) is 14.5 Å². The molecule has 2 aromatic carbocycles. The van der Waals surface area contributed by atoms with Crippen molar-refractivity contribution in [2.75, 3.05) is 50.8 Å². The van der Waals surface area contributed by atoms with Crippen LogP contribution in [0.4, 0.5) is 5.69 Å². The van der Waals surface area contributed by atoms with Crippen LogP contribution in [0.15, 0.2) is 54.6 Å². The van der Waals surface area contributed by atoms with Crippen LogP contribution in [0.2, 0.25) is 5.02 Å². The molecule has 0 aliphatic carbocycles. The van der Waals surface area contributed by atoms with E-state index in [1.807, 2.05) is 47.4 Å². The Balaban J connectivity index is 1.25. The molecule has 2 amide bonds. The van der Waals surface area contributed by atoms with Crippen molar-refractivity contribution in [1.29, 1.82) is 0 Å². The van der Waals surface area contributed by atoms with E-state index in [2.05, 4.69) is 34.3 Å². The van der Waals surface area contributed by atoms with Gasteiger partial charge in [0.1, 0.15) is 0 Å². The van der Waals surface area contributed by atoms with E-state index in [4.69, 9.17) is 11.6 Å². The minimum absolute atomic E-state index is 0.0555. The largest absolute Gasteiger partial charge is 0.340 e. The number of piperazine rings is 1. The first-order valence-electron chi connectivity index (χ1n) is 12.2. The topological polar surface area (TPSA) is 59.1 Å². The molecule has 3 unspecified atom stereocenters.